The molecule has 4 atom stereocenters. The van der Waals surface area contributed by atoms with Crippen LogP contribution in [0.25, 0.3) is 5.57 Å². The van der Waals surface area contributed by atoms with E-state index in [1.807, 2.05) is 0 Å². The molecule has 1 aliphatic heterocycles. The first-order valence-electron chi connectivity index (χ1n) is 21.1. The third-order valence-electron chi connectivity index (χ3n) is 13.7. The van der Waals surface area contributed by atoms with E-state index >= 15 is 0 Å². The highest BCUT2D eigenvalue weighted by Crippen LogP contribution is 2.57. The van der Waals surface area contributed by atoms with Crippen molar-refractivity contribution < 1.29 is 0 Å². The molecule has 54 heavy (non-hydrogen) atoms. The zero-order valence-electron chi connectivity index (χ0n) is 33.1. The number of allylic oxidation sites excluding steroid dienone is 22. The van der Waals surface area contributed by atoms with E-state index in [1.165, 1.54) is 63.4 Å². The predicted molar refractivity (Wildman–Crippen MR) is 229 cm³/mol. The Morgan fingerprint density at radius 3 is 2.48 bits per heavy atom. The maximum Gasteiger partial charge on any atom is 0.135 e. The van der Waals surface area contributed by atoms with Crippen molar-refractivity contribution in [3.63, 3.8) is 0 Å². The van der Waals surface area contributed by atoms with Crippen LogP contribution in [0.4, 0.5) is 0 Å². The molecule has 8 aliphatic rings. The van der Waals surface area contributed by atoms with Crippen molar-refractivity contribution >= 4 is 11.3 Å². The van der Waals surface area contributed by atoms with Gasteiger partial charge in [0.05, 0.1) is 0 Å². The van der Waals surface area contributed by atoms with Crippen molar-refractivity contribution in [1.29, 1.82) is 0 Å². The first-order chi connectivity index (χ1) is 26.4. The highest BCUT2D eigenvalue weighted by molar-refractivity contribution is 6.01. The van der Waals surface area contributed by atoms with Gasteiger partial charge in [0.1, 0.15) is 5.82 Å². The molecule has 0 fully saturated rings. The van der Waals surface area contributed by atoms with Gasteiger partial charge in [-0.1, -0.05) is 117 Å². The third-order valence-corrected chi connectivity index (χ3v) is 13.7. The molecule has 7 aliphatic carbocycles. The minimum atomic E-state index is 0.139. The van der Waals surface area contributed by atoms with Gasteiger partial charge in [-0.2, -0.15) is 0 Å². The summed E-state index contributed by atoms with van der Waals surface area (Å²) in [5, 5.41) is 0. The summed E-state index contributed by atoms with van der Waals surface area (Å²) in [6.45, 7) is 9.63. The summed E-state index contributed by atoms with van der Waals surface area (Å²) in [5.41, 5.74) is 17.6. The third kappa shape index (κ3) is 6.34. The number of benzene rings is 1. The van der Waals surface area contributed by atoms with Crippen molar-refractivity contribution in [2.24, 2.45) is 22.7 Å². The molecule has 0 radical (unpaired) electrons. The standard InChI is InChI=1S/C52H58N2/c1-35(2)51(53-47(38-21-12-7-13-22-38)31-27-36-17-8-5-9-18-36)54-48-32-29-39(37-19-10-6-11-20-37)33-45(48)43-30-28-40(34-49(43)54)41-24-16-25-44-42-23-14-15-26-46(42)52(3,4)50(41)44/h5-10,12,14,16-17,19,21,23-25,28,33-34,36,42-43,46H,11,13,15,18,20,22,26-27,29-32H2,1-4H3/b53-47+. The lowest BCUT2D eigenvalue weighted by atomic mass is 9.70. The zero-order chi connectivity index (χ0) is 36.8. The average Bonchev–Trinajstić information content (AvgIpc) is 3.66. The van der Waals surface area contributed by atoms with Crippen molar-refractivity contribution in [2.45, 2.75) is 116 Å². The van der Waals surface area contributed by atoms with Crippen LogP contribution >= 0.6 is 0 Å². The minimum Gasteiger partial charge on any atom is -0.302 e. The normalized spacial score (nSPS) is 27.7. The second-order valence-corrected chi connectivity index (χ2v) is 17.6. The number of nitrogens with zero attached hydrogens (tertiary/aromatic N) is 2. The van der Waals surface area contributed by atoms with Gasteiger partial charge in [0.2, 0.25) is 0 Å². The molecule has 0 spiro atoms. The average molecular weight is 711 g/mol. The van der Waals surface area contributed by atoms with Gasteiger partial charge in [-0.15, -0.1) is 0 Å². The molecule has 276 valence electrons. The number of hydrogen-bond donors (Lipinski definition) is 0. The molecule has 2 nitrogen and oxygen atoms in total. The molecule has 0 amide bonds. The summed E-state index contributed by atoms with van der Waals surface area (Å²) >= 11 is 0. The van der Waals surface area contributed by atoms with Crippen LogP contribution in [0.2, 0.25) is 0 Å². The zero-order valence-corrected chi connectivity index (χ0v) is 33.1. The molecule has 1 aromatic carbocycles. The Labute approximate surface area is 325 Å². The summed E-state index contributed by atoms with van der Waals surface area (Å²) < 4.78 is 0. The smallest absolute Gasteiger partial charge is 0.135 e. The maximum atomic E-state index is 5.82. The molecule has 0 aromatic heterocycles. The number of hydrogen-bond acceptors (Lipinski definition) is 2. The van der Waals surface area contributed by atoms with E-state index < -0.39 is 0 Å². The summed E-state index contributed by atoms with van der Waals surface area (Å²) in [7, 11) is 0. The van der Waals surface area contributed by atoms with E-state index in [4.69, 9.17) is 4.99 Å². The SMILES string of the molecule is CC(C)=C(/N=C(\CCC1C=CC=CC1)C1=CC=CCC1)N1C2=CC(c3cccc4c3C(C)(C)C3CCC=CC43)=CCC2C2=C1CCC(C1=CC=CCC1)=C2. The number of aliphatic imine (C=N–C) groups is 1. The summed E-state index contributed by atoms with van der Waals surface area (Å²) in [5.74, 6) is 3.27. The van der Waals surface area contributed by atoms with E-state index in [9.17, 15) is 0 Å². The summed E-state index contributed by atoms with van der Waals surface area (Å²) in [6.07, 6.45) is 49.1. The fraction of sp³-hybridized carbons (Fsp3) is 0.404. The van der Waals surface area contributed by atoms with Crippen LogP contribution < -0.4 is 0 Å². The van der Waals surface area contributed by atoms with E-state index in [1.54, 1.807) is 16.7 Å². The van der Waals surface area contributed by atoms with E-state index in [0.717, 1.165) is 70.0 Å². The van der Waals surface area contributed by atoms with Gasteiger partial charge < -0.3 is 4.90 Å². The molecule has 0 saturated heterocycles. The van der Waals surface area contributed by atoms with Crippen molar-refractivity contribution in [1.82, 2.24) is 4.90 Å². The summed E-state index contributed by atoms with van der Waals surface area (Å²) in [6, 6.07) is 7.18. The van der Waals surface area contributed by atoms with Gasteiger partial charge in [0, 0.05) is 28.9 Å². The highest BCUT2D eigenvalue weighted by Gasteiger charge is 2.47. The Hall–Kier alpha value is -4.43. The van der Waals surface area contributed by atoms with Crippen molar-refractivity contribution in [3.05, 3.63) is 171 Å². The van der Waals surface area contributed by atoms with E-state index in [2.05, 4.69) is 142 Å². The number of fused-ring (bicyclic) bond motifs is 5. The van der Waals surface area contributed by atoms with Crippen molar-refractivity contribution in [2.75, 3.05) is 0 Å². The van der Waals surface area contributed by atoms with Gasteiger partial charge in [-0.3, -0.25) is 0 Å². The largest absolute Gasteiger partial charge is 0.302 e. The van der Waals surface area contributed by atoms with Gasteiger partial charge in [-0.25, -0.2) is 4.99 Å². The Bertz CT molecular complexity index is 2130. The topological polar surface area (TPSA) is 15.6 Å². The van der Waals surface area contributed by atoms with Gasteiger partial charge in [0.15, 0.2) is 0 Å². The first-order valence-corrected chi connectivity index (χ1v) is 21.1. The molecule has 9 rings (SSSR count). The molecule has 0 bridgehead atoms. The molecule has 0 N–H and O–H groups in total. The molecular formula is C52H58N2. The first kappa shape index (κ1) is 35.3. The van der Waals surface area contributed by atoms with Crippen LogP contribution in [-0.4, -0.2) is 10.6 Å². The quantitative estimate of drug-likeness (QED) is 0.194. The van der Waals surface area contributed by atoms with Gasteiger partial charge in [-0.05, 0) is 164 Å². The van der Waals surface area contributed by atoms with Crippen LogP contribution in [0.5, 0.6) is 0 Å². The Morgan fingerprint density at radius 1 is 0.833 bits per heavy atom. The van der Waals surface area contributed by atoms with Crippen LogP contribution in [0.15, 0.2) is 159 Å². The Balaban J connectivity index is 1.16. The molecule has 0 saturated carbocycles. The monoisotopic (exact) mass is 710 g/mol. The molecule has 4 unspecified atom stereocenters. The molecule has 1 heterocycles. The lowest BCUT2D eigenvalue weighted by molar-refractivity contribution is 0.300. The fourth-order valence-corrected chi connectivity index (χ4v) is 11.0. The fourth-order valence-electron chi connectivity index (χ4n) is 11.0. The maximum absolute atomic E-state index is 5.82. The van der Waals surface area contributed by atoms with Crippen LogP contribution in [-0.2, 0) is 5.41 Å². The lowest BCUT2D eigenvalue weighted by Gasteiger charge is -2.34. The van der Waals surface area contributed by atoms with Gasteiger partial charge in [0.25, 0.3) is 0 Å². The second-order valence-electron chi connectivity index (χ2n) is 17.6. The lowest BCUT2D eigenvalue weighted by Crippen LogP contribution is -2.27. The Kier molecular flexibility index (Phi) is 9.58. The second kappa shape index (κ2) is 14.7. The van der Waals surface area contributed by atoms with Crippen molar-refractivity contribution in [3.8, 4) is 0 Å². The molecule has 1 aromatic rings. The van der Waals surface area contributed by atoms with Crippen LogP contribution in [0.3, 0.4) is 0 Å². The minimum absolute atomic E-state index is 0.139. The summed E-state index contributed by atoms with van der Waals surface area (Å²) in [4.78, 5) is 8.48. The van der Waals surface area contributed by atoms with Crippen LogP contribution in [0, 0.1) is 17.8 Å². The van der Waals surface area contributed by atoms with Crippen LogP contribution in [0.1, 0.15) is 127 Å². The Morgan fingerprint density at radius 2 is 1.70 bits per heavy atom. The molecular weight excluding hydrogens is 653 g/mol. The van der Waals surface area contributed by atoms with Gasteiger partial charge >= 0.3 is 0 Å². The molecule has 2 heteroatoms. The predicted octanol–water partition coefficient (Wildman–Crippen LogP) is 13.8. The number of rotatable bonds is 8. The highest BCUT2D eigenvalue weighted by atomic mass is 15.3. The van der Waals surface area contributed by atoms with E-state index in [0.29, 0.717) is 23.7 Å². The van der Waals surface area contributed by atoms with E-state index in [-0.39, 0.29) is 5.41 Å².